The van der Waals surface area contributed by atoms with Crippen LogP contribution in [0, 0.1) is 22.7 Å². The van der Waals surface area contributed by atoms with Crippen molar-refractivity contribution in [3.8, 4) is 0 Å². The first kappa shape index (κ1) is 10.9. The standard InChI is InChI=1S/C10H17F3/c1-6(2)9(10(11,12)13)7(3)8(9,4)5/h6-7H,1-5H3. The molecule has 3 heteroatoms. The van der Waals surface area contributed by atoms with Crippen LogP contribution < -0.4 is 0 Å². The Balaban J connectivity index is 3.10. The van der Waals surface area contributed by atoms with Crippen LogP contribution in [0.5, 0.6) is 0 Å². The van der Waals surface area contributed by atoms with Gasteiger partial charge in [-0.3, -0.25) is 0 Å². The highest BCUT2D eigenvalue weighted by molar-refractivity contribution is 5.20. The first-order valence-electron chi connectivity index (χ1n) is 4.67. The van der Waals surface area contributed by atoms with Crippen LogP contribution in [0.2, 0.25) is 0 Å². The second-order valence-electron chi connectivity index (χ2n) is 4.96. The van der Waals surface area contributed by atoms with E-state index in [1.807, 2.05) is 0 Å². The van der Waals surface area contributed by atoms with E-state index in [4.69, 9.17) is 0 Å². The third-order valence-corrected chi connectivity index (χ3v) is 4.13. The van der Waals surface area contributed by atoms with E-state index in [0.29, 0.717) is 0 Å². The predicted octanol–water partition coefficient (Wildman–Crippen LogP) is 3.87. The summed E-state index contributed by atoms with van der Waals surface area (Å²) < 4.78 is 38.7. The van der Waals surface area contributed by atoms with Gasteiger partial charge in [0, 0.05) is 0 Å². The van der Waals surface area contributed by atoms with Crippen molar-refractivity contribution in [3.63, 3.8) is 0 Å². The number of alkyl halides is 3. The fraction of sp³-hybridized carbons (Fsp3) is 1.00. The maximum Gasteiger partial charge on any atom is 0.395 e. The summed E-state index contributed by atoms with van der Waals surface area (Å²) >= 11 is 0. The third kappa shape index (κ3) is 0.990. The number of rotatable bonds is 1. The quantitative estimate of drug-likeness (QED) is 0.594. The first-order chi connectivity index (χ1) is 5.60. The molecule has 0 aromatic carbocycles. The molecule has 0 spiro atoms. The molecule has 1 aliphatic carbocycles. The maximum absolute atomic E-state index is 12.9. The van der Waals surface area contributed by atoms with Gasteiger partial charge in [0.15, 0.2) is 0 Å². The van der Waals surface area contributed by atoms with Gasteiger partial charge in [0.1, 0.15) is 0 Å². The Bertz CT molecular complexity index is 203. The zero-order chi connectivity index (χ0) is 10.7. The molecule has 1 rings (SSSR count). The molecule has 2 atom stereocenters. The van der Waals surface area contributed by atoms with E-state index in [0.717, 1.165) is 0 Å². The Morgan fingerprint density at radius 2 is 1.46 bits per heavy atom. The Morgan fingerprint density at radius 3 is 1.46 bits per heavy atom. The van der Waals surface area contributed by atoms with E-state index in [2.05, 4.69) is 0 Å². The molecular formula is C10H17F3. The summed E-state index contributed by atoms with van der Waals surface area (Å²) in [5, 5.41) is 0. The van der Waals surface area contributed by atoms with E-state index < -0.39 is 17.0 Å². The lowest BCUT2D eigenvalue weighted by Gasteiger charge is -2.27. The molecule has 13 heavy (non-hydrogen) atoms. The molecule has 2 unspecified atom stereocenters. The fourth-order valence-corrected chi connectivity index (χ4v) is 3.24. The number of hydrogen-bond donors (Lipinski definition) is 0. The van der Waals surface area contributed by atoms with Crippen LogP contribution in [0.3, 0.4) is 0 Å². The molecule has 1 saturated carbocycles. The average Bonchev–Trinajstić information content (AvgIpc) is 2.26. The van der Waals surface area contributed by atoms with Crippen molar-refractivity contribution in [1.82, 2.24) is 0 Å². The van der Waals surface area contributed by atoms with Crippen LogP contribution in [0.15, 0.2) is 0 Å². The summed E-state index contributed by atoms with van der Waals surface area (Å²) in [7, 11) is 0. The van der Waals surface area contributed by atoms with E-state index in [-0.39, 0.29) is 11.8 Å². The smallest absolute Gasteiger partial charge is 0.170 e. The summed E-state index contributed by atoms with van der Waals surface area (Å²) in [5.41, 5.74) is -2.06. The van der Waals surface area contributed by atoms with Gasteiger partial charge in [-0.1, -0.05) is 34.6 Å². The van der Waals surface area contributed by atoms with Gasteiger partial charge in [-0.25, -0.2) is 0 Å². The number of halogens is 3. The van der Waals surface area contributed by atoms with Crippen molar-refractivity contribution in [1.29, 1.82) is 0 Å². The molecule has 0 aliphatic heterocycles. The van der Waals surface area contributed by atoms with Crippen molar-refractivity contribution >= 4 is 0 Å². The molecule has 0 N–H and O–H groups in total. The second kappa shape index (κ2) is 2.43. The minimum Gasteiger partial charge on any atom is -0.170 e. The summed E-state index contributed by atoms with van der Waals surface area (Å²) in [6.07, 6.45) is -4.07. The van der Waals surface area contributed by atoms with E-state index in [1.54, 1.807) is 34.6 Å². The summed E-state index contributed by atoms with van der Waals surface area (Å²) in [6.45, 7) is 8.46. The lowest BCUT2D eigenvalue weighted by atomic mass is 9.84. The lowest BCUT2D eigenvalue weighted by Crippen LogP contribution is -2.34. The van der Waals surface area contributed by atoms with Crippen LogP contribution >= 0.6 is 0 Å². The van der Waals surface area contributed by atoms with Gasteiger partial charge < -0.3 is 0 Å². The van der Waals surface area contributed by atoms with Gasteiger partial charge in [-0.2, -0.15) is 13.2 Å². The molecule has 1 fully saturated rings. The molecule has 1 aliphatic rings. The maximum atomic E-state index is 12.9. The van der Waals surface area contributed by atoms with E-state index >= 15 is 0 Å². The van der Waals surface area contributed by atoms with Crippen molar-refractivity contribution < 1.29 is 13.2 Å². The minimum absolute atomic E-state index is 0.264. The normalized spacial score (nSPS) is 38.1. The van der Waals surface area contributed by atoms with Crippen LogP contribution in [0.1, 0.15) is 34.6 Å². The monoisotopic (exact) mass is 194 g/mol. The molecule has 0 radical (unpaired) electrons. The van der Waals surface area contributed by atoms with Gasteiger partial charge in [-0.05, 0) is 17.3 Å². The molecule has 0 nitrogen and oxygen atoms in total. The molecule has 0 aromatic rings. The summed E-state index contributed by atoms with van der Waals surface area (Å²) in [4.78, 5) is 0. The molecule has 0 bridgehead atoms. The predicted molar refractivity (Wildman–Crippen MR) is 46.3 cm³/mol. The average molecular weight is 194 g/mol. The minimum atomic E-state index is -4.07. The molecule has 78 valence electrons. The zero-order valence-electron chi connectivity index (χ0n) is 8.79. The van der Waals surface area contributed by atoms with Gasteiger partial charge in [0.25, 0.3) is 0 Å². The molecule has 0 heterocycles. The summed E-state index contributed by atoms with van der Waals surface area (Å²) in [5.74, 6) is -0.600. The van der Waals surface area contributed by atoms with Crippen LogP contribution in [0.25, 0.3) is 0 Å². The van der Waals surface area contributed by atoms with Crippen molar-refractivity contribution in [2.24, 2.45) is 22.7 Å². The zero-order valence-corrected chi connectivity index (χ0v) is 8.79. The molecular weight excluding hydrogens is 177 g/mol. The molecule has 0 aromatic heterocycles. The highest BCUT2D eigenvalue weighted by Gasteiger charge is 2.81. The Morgan fingerprint density at radius 1 is 1.15 bits per heavy atom. The third-order valence-electron chi connectivity index (χ3n) is 4.13. The SMILES string of the molecule is CC(C)C1(C(F)(F)F)C(C)C1(C)C. The van der Waals surface area contributed by atoms with Crippen molar-refractivity contribution in [3.05, 3.63) is 0 Å². The molecule has 0 amide bonds. The van der Waals surface area contributed by atoms with E-state index in [9.17, 15) is 13.2 Å². The van der Waals surface area contributed by atoms with Gasteiger partial charge in [-0.15, -0.1) is 0 Å². The fourth-order valence-electron chi connectivity index (χ4n) is 3.24. The van der Waals surface area contributed by atoms with Gasteiger partial charge >= 0.3 is 6.18 Å². The van der Waals surface area contributed by atoms with E-state index in [1.165, 1.54) is 0 Å². The molecule has 0 saturated heterocycles. The highest BCUT2D eigenvalue weighted by Crippen LogP contribution is 2.78. The second-order valence-corrected chi connectivity index (χ2v) is 4.96. The Labute approximate surface area is 77.5 Å². The first-order valence-corrected chi connectivity index (χ1v) is 4.67. The van der Waals surface area contributed by atoms with Crippen molar-refractivity contribution in [2.75, 3.05) is 0 Å². The lowest BCUT2D eigenvalue weighted by molar-refractivity contribution is -0.213. The van der Waals surface area contributed by atoms with Gasteiger partial charge in [0.2, 0.25) is 0 Å². The van der Waals surface area contributed by atoms with Crippen LogP contribution in [-0.4, -0.2) is 6.18 Å². The van der Waals surface area contributed by atoms with Crippen LogP contribution in [-0.2, 0) is 0 Å². The Kier molecular flexibility index (Phi) is 2.03. The Hall–Kier alpha value is -0.210. The topological polar surface area (TPSA) is 0 Å². The number of hydrogen-bond acceptors (Lipinski definition) is 0. The summed E-state index contributed by atoms with van der Waals surface area (Å²) in [6, 6.07) is 0. The van der Waals surface area contributed by atoms with Crippen LogP contribution in [0.4, 0.5) is 13.2 Å². The largest absolute Gasteiger partial charge is 0.395 e. The van der Waals surface area contributed by atoms with Crippen molar-refractivity contribution in [2.45, 2.75) is 40.8 Å². The highest BCUT2D eigenvalue weighted by atomic mass is 19.4. The van der Waals surface area contributed by atoms with Gasteiger partial charge in [0.05, 0.1) is 5.41 Å².